The monoisotopic (exact) mass is 602 g/mol. The molecule has 3 aromatic rings. The Bertz CT molecular complexity index is 1370. The van der Waals surface area contributed by atoms with Gasteiger partial charge in [0.2, 0.25) is 5.91 Å². The molecule has 3 atom stereocenters. The molecule has 3 aromatic carbocycles. The summed E-state index contributed by atoms with van der Waals surface area (Å²) in [6.07, 6.45) is 1.47. The minimum Gasteiger partial charge on any atom is -0.481 e. The fourth-order valence-electron chi connectivity index (χ4n) is 5.68. The van der Waals surface area contributed by atoms with E-state index in [-0.39, 0.29) is 31.1 Å². The van der Waals surface area contributed by atoms with Crippen LogP contribution in [0.1, 0.15) is 66.8 Å². The van der Waals surface area contributed by atoms with Gasteiger partial charge < -0.3 is 29.7 Å². The van der Waals surface area contributed by atoms with Crippen molar-refractivity contribution in [1.29, 1.82) is 0 Å². The first-order valence-electron chi connectivity index (χ1n) is 15.5. The van der Waals surface area contributed by atoms with Crippen LogP contribution in [0.5, 0.6) is 0 Å². The number of ether oxygens (including phenoxy) is 3. The number of carboxylic acid groups (broad SMARTS) is 1. The van der Waals surface area contributed by atoms with Crippen molar-refractivity contribution in [2.75, 3.05) is 32.8 Å². The van der Waals surface area contributed by atoms with E-state index in [1.807, 2.05) is 54.6 Å². The number of carbonyl (C=O) groups excluding carboxylic acids is 1. The number of aliphatic hydroxyl groups excluding tert-OH is 1. The van der Waals surface area contributed by atoms with Crippen LogP contribution in [0.3, 0.4) is 0 Å². The zero-order chi connectivity index (χ0) is 30.7. The molecule has 0 aromatic heterocycles. The molecular formula is C35H42N2O7. The van der Waals surface area contributed by atoms with E-state index in [9.17, 15) is 14.7 Å². The van der Waals surface area contributed by atoms with Crippen molar-refractivity contribution >= 4 is 11.9 Å². The second kappa shape index (κ2) is 15.9. The van der Waals surface area contributed by atoms with Crippen LogP contribution in [0.4, 0.5) is 0 Å². The highest BCUT2D eigenvalue weighted by Crippen LogP contribution is 2.39. The van der Waals surface area contributed by atoms with Gasteiger partial charge in [0, 0.05) is 51.0 Å². The molecule has 9 nitrogen and oxygen atoms in total. The fraction of sp³-hybridized carbons (Fsp3) is 0.429. The van der Waals surface area contributed by atoms with Crippen molar-refractivity contribution < 1.29 is 34.0 Å². The second-order valence-corrected chi connectivity index (χ2v) is 11.5. The maximum atomic E-state index is 12.2. The molecule has 234 valence electrons. The first-order valence-corrected chi connectivity index (χ1v) is 15.5. The Hall–Kier alpha value is -3.60. The highest BCUT2D eigenvalue weighted by Gasteiger charge is 2.33. The van der Waals surface area contributed by atoms with Gasteiger partial charge in [0.15, 0.2) is 6.29 Å². The lowest BCUT2D eigenvalue weighted by molar-refractivity contribution is -0.253. The lowest BCUT2D eigenvalue weighted by atomic mass is 9.98. The lowest BCUT2D eigenvalue weighted by Gasteiger charge is -2.39. The number of nitrogens with one attached hydrogen (secondary N) is 1. The average molecular weight is 603 g/mol. The third kappa shape index (κ3) is 9.20. The number of benzene rings is 3. The number of carbonyl (C=O) groups is 2. The van der Waals surface area contributed by atoms with Crippen molar-refractivity contribution in [1.82, 2.24) is 10.2 Å². The minimum absolute atomic E-state index is 0.00611. The Kier molecular flexibility index (Phi) is 11.5. The van der Waals surface area contributed by atoms with E-state index < -0.39 is 12.3 Å². The van der Waals surface area contributed by atoms with E-state index in [1.54, 1.807) is 0 Å². The van der Waals surface area contributed by atoms with Gasteiger partial charge >= 0.3 is 5.97 Å². The average Bonchev–Trinajstić information content (AvgIpc) is 3.06. The standard InChI is InChI=1S/C35H42N2O7/c38-24-25-11-13-27(14-12-25)32-21-31(23-37-15-17-42-18-16-37)43-35(44-32)30-8-4-7-29(20-30)28-6-3-5-26(19-28)22-36-33(39)9-1-2-10-34(40)41/h3-8,11-14,19-20,31-32,35,38H,1-2,9-10,15-18,21-24H2,(H,36,39)(H,40,41). The third-order valence-corrected chi connectivity index (χ3v) is 8.13. The van der Waals surface area contributed by atoms with Crippen LogP contribution in [0.15, 0.2) is 72.8 Å². The smallest absolute Gasteiger partial charge is 0.303 e. The quantitative estimate of drug-likeness (QED) is 0.235. The summed E-state index contributed by atoms with van der Waals surface area (Å²) in [6.45, 7) is 4.46. The number of nitrogens with zero attached hydrogens (tertiary/aromatic N) is 1. The van der Waals surface area contributed by atoms with Crippen LogP contribution >= 0.6 is 0 Å². The first-order chi connectivity index (χ1) is 21.5. The van der Waals surface area contributed by atoms with Crippen LogP contribution in [0, 0.1) is 0 Å². The second-order valence-electron chi connectivity index (χ2n) is 11.5. The molecule has 3 unspecified atom stereocenters. The zero-order valence-electron chi connectivity index (χ0n) is 25.0. The molecule has 0 bridgehead atoms. The first kappa shape index (κ1) is 31.8. The van der Waals surface area contributed by atoms with Gasteiger partial charge in [-0.1, -0.05) is 60.7 Å². The molecule has 2 fully saturated rings. The van der Waals surface area contributed by atoms with Crippen LogP contribution in [0.25, 0.3) is 11.1 Å². The summed E-state index contributed by atoms with van der Waals surface area (Å²) in [6, 6.07) is 24.2. The van der Waals surface area contributed by atoms with Gasteiger partial charge in [0.25, 0.3) is 0 Å². The Balaban J connectivity index is 1.27. The highest BCUT2D eigenvalue weighted by atomic mass is 16.7. The lowest BCUT2D eigenvalue weighted by Crippen LogP contribution is -2.44. The molecule has 5 rings (SSSR count). The molecule has 44 heavy (non-hydrogen) atoms. The summed E-state index contributed by atoms with van der Waals surface area (Å²) < 4.78 is 18.7. The van der Waals surface area contributed by atoms with E-state index in [0.717, 1.165) is 72.6 Å². The van der Waals surface area contributed by atoms with Gasteiger partial charge in [-0.25, -0.2) is 0 Å². The number of rotatable bonds is 13. The summed E-state index contributed by atoms with van der Waals surface area (Å²) in [5.41, 5.74) is 5.90. The fourth-order valence-corrected chi connectivity index (χ4v) is 5.68. The van der Waals surface area contributed by atoms with Crippen molar-refractivity contribution in [2.45, 2.75) is 63.8 Å². The maximum absolute atomic E-state index is 12.2. The third-order valence-electron chi connectivity index (χ3n) is 8.13. The zero-order valence-corrected chi connectivity index (χ0v) is 25.0. The van der Waals surface area contributed by atoms with E-state index in [4.69, 9.17) is 19.3 Å². The topological polar surface area (TPSA) is 118 Å². The van der Waals surface area contributed by atoms with Gasteiger partial charge in [-0.2, -0.15) is 0 Å². The SMILES string of the molecule is O=C(O)CCCCC(=O)NCc1cccc(-c2cccc(C3OC(CN4CCOCC4)CC(c4ccc(CO)cc4)O3)c2)c1. The largest absolute Gasteiger partial charge is 0.481 e. The summed E-state index contributed by atoms with van der Waals surface area (Å²) >= 11 is 0. The van der Waals surface area contributed by atoms with E-state index >= 15 is 0 Å². The molecule has 0 radical (unpaired) electrons. The minimum atomic E-state index is -0.839. The van der Waals surface area contributed by atoms with Crippen molar-refractivity contribution in [3.8, 4) is 11.1 Å². The normalized spacial score (nSPS) is 20.7. The Morgan fingerprint density at radius 2 is 1.57 bits per heavy atom. The molecule has 0 spiro atoms. The van der Waals surface area contributed by atoms with E-state index in [1.165, 1.54) is 0 Å². The molecule has 2 aliphatic heterocycles. The Morgan fingerprint density at radius 3 is 2.32 bits per heavy atom. The molecule has 2 aliphatic rings. The number of aliphatic hydroxyl groups is 1. The number of carboxylic acids is 1. The highest BCUT2D eigenvalue weighted by molar-refractivity contribution is 5.76. The van der Waals surface area contributed by atoms with Crippen molar-refractivity contribution in [3.63, 3.8) is 0 Å². The number of unbranched alkanes of at least 4 members (excludes halogenated alkanes) is 1. The molecule has 0 aliphatic carbocycles. The summed E-state index contributed by atoms with van der Waals surface area (Å²) in [4.78, 5) is 25.3. The Morgan fingerprint density at radius 1 is 0.841 bits per heavy atom. The number of morpholine rings is 1. The van der Waals surface area contributed by atoms with Crippen LogP contribution in [0.2, 0.25) is 0 Å². The van der Waals surface area contributed by atoms with Gasteiger partial charge in [-0.15, -0.1) is 0 Å². The number of amides is 1. The molecule has 3 N–H and O–H groups in total. The number of hydrogen-bond donors (Lipinski definition) is 3. The van der Waals surface area contributed by atoms with Crippen LogP contribution in [-0.2, 0) is 37.0 Å². The van der Waals surface area contributed by atoms with Gasteiger partial charge in [-0.05, 0) is 52.8 Å². The molecule has 2 heterocycles. The van der Waals surface area contributed by atoms with Gasteiger partial charge in [0.05, 0.1) is 32.0 Å². The van der Waals surface area contributed by atoms with Gasteiger partial charge in [0.1, 0.15) is 0 Å². The van der Waals surface area contributed by atoms with E-state index in [0.29, 0.717) is 25.8 Å². The van der Waals surface area contributed by atoms with E-state index in [2.05, 4.69) is 28.4 Å². The Labute approximate surface area is 258 Å². The number of hydrogen-bond acceptors (Lipinski definition) is 7. The molecule has 1 amide bonds. The van der Waals surface area contributed by atoms with Crippen LogP contribution in [-0.4, -0.2) is 65.9 Å². The molecule has 2 saturated heterocycles. The predicted octanol–water partition coefficient (Wildman–Crippen LogP) is 4.98. The van der Waals surface area contributed by atoms with Crippen molar-refractivity contribution in [3.05, 3.63) is 95.1 Å². The summed E-state index contributed by atoms with van der Waals surface area (Å²) in [5.74, 6) is -0.921. The predicted molar refractivity (Wildman–Crippen MR) is 166 cm³/mol. The molecule has 9 heteroatoms. The molecular weight excluding hydrogens is 560 g/mol. The van der Waals surface area contributed by atoms with Crippen LogP contribution < -0.4 is 5.32 Å². The summed E-state index contributed by atoms with van der Waals surface area (Å²) in [7, 11) is 0. The number of aliphatic carboxylic acids is 1. The van der Waals surface area contributed by atoms with Crippen molar-refractivity contribution in [2.24, 2.45) is 0 Å². The summed E-state index contributed by atoms with van der Waals surface area (Å²) in [5, 5.41) is 21.2. The van der Waals surface area contributed by atoms with Gasteiger partial charge in [-0.3, -0.25) is 14.5 Å². The molecule has 0 saturated carbocycles. The maximum Gasteiger partial charge on any atom is 0.303 e.